The van der Waals surface area contributed by atoms with Crippen LogP contribution in [0, 0.1) is 5.41 Å². The topological polar surface area (TPSA) is 40.5 Å². The molecular weight excluding hydrogens is 190 g/mol. The normalized spacial score (nSPS) is 25.5. The molecule has 2 unspecified atom stereocenters. The van der Waals surface area contributed by atoms with Gasteiger partial charge < -0.3 is 5.11 Å². The molecule has 1 saturated heterocycles. The molecule has 1 fully saturated rings. The second kappa shape index (κ2) is 4.52. The van der Waals surface area contributed by atoms with E-state index < -0.39 is 5.97 Å². The summed E-state index contributed by atoms with van der Waals surface area (Å²) in [6.45, 7) is 9.65. The van der Waals surface area contributed by atoms with Gasteiger partial charge in [0, 0.05) is 12.1 Å². The Morgan fingerprint density at radius 1 is 1.53 bits per heavy atom. The molecule has 0 aromatic heterocycles. The highest BCUT2D eigenvalue weighted by Gasteiger charge is 2.36. The van der Waals surface area contributed by atoms with Crippen molar-refractivity contribution in [1.82, 2.24) is 4.90 Å². The molecule has 1 N–H and O–H groups in total. The Hall–Kier alpha value is -0.570. The Kier molecular flexibility index (Phi) is 3.77. The quantitative estimate of drug-likeness (QED) is 0.782. The summed E-state index contributed by atoms with van der Waals surface area (Å²) in [4.78, 5) is 13.3. The fourth-order valence-corrected chi connectivity index (χ4v) is 2.50. The minimum absolute atomic E-state index is 0.0387. The molecule has 0 aromatic rings. The number of aliphatic carboxylic acids is 1. The standard InChI is InChI=1S/C12H23NO2/c1-9-6-5-7-13(9)10(8-11(14)15)12(2,3)4/h9-10H,5-8H2,1-4H3,(H,14,15). The molecule has 0 radical (unpaired) electrons. The van der Waals surface area contributed by atoms with Crippen molar-refractivity contribution in [3.05, 3.63) is 0 Å². The molecule has 0 spiro atoms. The van der Waals surface area contributed by atoms with Crippen molar-refractivity contribution >= 4 is 5.97 Å². The van der Waals surface area contributed by atoms with E-state index in [2.05, 4.69) is 32.6 Å². The van der Waals surface area contributed by atoms with Gasteiger partial charge in [0.1, 0.15) is 0 Å². The van der Waals surface area contributed by atoms with Gasteiger partial charge in [0.2, 0.25) is 0 Å². The summed E-state index contributed by atoms with van der Waals surface area (Å²) in [5.74, 6) is -0.686. The summed E-state index contributed by atoms with van der Waals surface area (Å²) in [6, 6.07) is 0.695. The third-order valence-electron chi connectivity index (χ3n) is 3.37. The van der Waals surface area contributed by atoms with Crippen molar-refractivity contribution in [2.24, 2.45) is 5.41 Å². The van der Waals surface area contributed by atoms with Crippen molar-refractivity contribution in [3.8, 4) is 0 Å². The molecule has 2 atom stereocenters. The van der Waals surface area contributed by atoms with Crippen LogP contribution in [-0.2, 0) is 4.79 Å². The smallest absolute Gasteiger partial charge is 0.304 e. The molecular formula is C12H23NO2. The van der Waals surface area contributed by atoms with Gasteiger partial charge in [-0.2, -0.15) is 0 Å². The van der Waals surface area contributed by atoms with Gasteiger partial charge in [-0.25, -0.2) is 0 Å². The van der Waals surface area contributed by atoms with Crippen LogP contribution in [0.15, 0.2) is 0 Å². The number of likely N-dealkylation sites (tertiary alicyclic amines) is 1. The summed E-state index contributed by atoms with van der Waals surface area (Å²) < 4.78 is 0. The van der Waals surface area contributed by atoms with Gasteiger partial charge in [0.05, 0.1) is 6.42 Å². The maximum atomic E-state index is 10.9. The van der Waals surface area contributed by atoms with Crippen LogP contribution in [0.4, 0.5) is 0 Å². The Balaban J connectivity index is 2.76. The zero-order valence-corrected chi connectivity index (χ0v) is 10.3. The minimum Gasteiger partial charge on any atom is -0.481 e. The van der Waals surface area contributed by atoms with Crippen molar-refractivity contribution in [2.75, 3.05) is 6.54 Å². The SMILES string of the molecule is CC1CCCN1C(CC(=O)O)C(C)(C)C. The number of hydrogen-bond acceptors (Lipinski definition) is 2. The maximum absolute atomic E-state index is 10.9. The first-order valence-corrected chi connectivity index (χ1v) is 5.80. The molecule has 1 heterocycles. The zero-order valence-electron chi connectivity index (χ0n) is 10.3. The van der Waals surface area contributed by atoms with Crippen LogP contribution in [0.3, 0.4) is 0 Å². The van der Waals surface area contributed by atoms with Gasteiger partial charge in [0.15, 0.2) is 0 Å². The number of carboxylic acids is 1. The first-order valence-electron chi connectivity index (χ1n) is 5.80. The minimum atomic E-state index is -0.686. The van der Waals surface area contributed by atoms with E-state index in [1.807, 2.05) is 0 Å². The molecule has 3 nitrogen and oxygen atoms in total. The molecule has 1 aliphatic heterocycles. The van der Waals surface area contributed by atoms with E-state index in [1.165, 1.54) is 12.8 Å². The second-order valence-corrected chi connectivity index (χ2v) is 5.71. The number of carboxylic acid groups (broad SMARTS) is 1. The van der Waals surface area contributed by atoms with Crippen molar-refractivity contribution in [2.45, 2.75) is 59.0 Å². The van der Waals surface area contributed by atoms with E-state index >= 15 is 0 Å². The van der Waals surface area contributed by atoms with Crippen molar-refractivity contribution < 1.29 is 9.90 Å². The van der Waals surface area contributed by atoms with Crippen LogP contribution in [0.5, 0.6) is 0 Å². The molecule has 0 bridgehead atoms. The average Bonchev–Trinajstić information content (AvgIpc) is 2.45. The number of nitrogens with zero attached hydrogens (tertiary/aromatic N) is 1. The predicted molar refractivity (Wildman–Crippen MR) is 60.9 cm³/mol. The Bertz CT molecular complexity index is 232. The summed E-state index contributed by atoms with van der Waals surface area (Å²) in [7, 11) is 0. The summed E-state index contributed by atoms with van der Waals surface area (Å²) in [5, 5.41) is 8.97. The first-order chi connectivity index (χ1) is 6.82. The highest BCUT2D eigenvalue weighted by atomic mass is 16.4. The van der Waals surface area contributed by atoms with Crippen LogP contribution in [0.1, 0.15) is 47.0 Å². The van der Waals surface area contributed by atoms with Crippen LogP contribution < -0.4 is 0 Å². The van der Waals surface area contributed by atoms with Gasteiger partial charge in [0.25, 0.3) is 0 Å². The summed E-state index contributed by atoms with van der Waals surface area (Å²) in [6.07, 6.45) is 2.66. The molecule has 1 rings (SSSR count). The Morgan fingerprint density at radius 3 is 2.47 bits per heavy atom. The van der Waals surface area contributed by atoms with E-state index in [1.54, 1.807) is 0 Å². The Morgan fingerprint density at radius 2 is 2.13 bits per heavy atom. The van der Waals surface area contributed by atoms with Crippen molar-refractivity contribution in [3.63, 3.8) is 0 Å². The lowest BCUT2D eigenvalue weighted by atomic mass is 9.83. The van der Waals surface area contributed by atoms with Crippen LogP contribution in [0.25, 0.3) is 0 Å². The average molecular weight is 213 g/mol. The van der Waals surface area contributed by atoms with Gasteiger partial charge in [-0.05, 0) is 31.7 Å². The summed E-state index contributed by atoms with van der Waals surface area (Å²) in [5.41, 5.74) is 0.0387. The summed E-state index contributed by atoms with van der Waals surface area (Å²) >= 11 is 0. The third-order valence-corrected chi connectivity index (χ3v) is 3.37. The molecule has 88 valence electrons. The number of rotatable bonds is 3. The number of carbonyl (C=O) groups is 1. The Labute approximate surface area is 92.5 Å². The van der Waals surface area contributed by atoms with E-state index in [9.17, 15) is 4.79 Å². The highest BCUT2D eigenvalue weighted by Crippen LogP contribution is 2.32. The fourth-order valence-electron chi connectivity index (χ4n) is 2.50. The molecule has 1 aliphatic rings. The monoisotopic (exact) mass is 213 g/mol. The number of hydrogen-bond donors (Lipinski definition) is 1. The van der Waals surface area contributed by atoms with Crippen LogP contribution in [0.2, 0.25) is 0 Å². The second-order valence-electron chi connectivity index (χ2n) is 5.71. The maximum Gasteiger partial charge on any atom is 0.304 e. The third kappa shape index (κ3) is 3.20. The van der Waals surface area contributed by atoms with Crippen LogP contribution >= 0.6 is 0 Å². The highest BCUT2D eigenvalue weighted by molar-refractivity contribution is 5.67. The van der Waals surface area contributed by atoms with E-state index in [0.717, 1.165) is 6.54 Å². The largest absolute Gasteiger partial charge is 0.481 e. The van der Waals surface area contributed by atoms with Gasteiger partial charge in [-0.15, -0.1) is 0 Å². The molecule has 0 amide bonds. The molecule has 0 saturated carbocycles. The van der Waals surface area contributed by atoms with E-state index in [0.29, 0.717) is 6.04 Å². The molecule has 3 heteroatoms. The van der Waals surface area contributed by atoms with E-state index in [4.69, 9.17) is 5.11 Å². The lowest BCUT2D eigenvalue weighted by Crippen LogP contribution is -2.46. The van der Waals surface area contributed by atoms with Gasteiger partial charge >= 0.3 is 5.97 Å². The molecule has 0 aliphatic carbocycles. The predicted octanol–water partition coefficient (Wildman–Crippen LogP) is 2.36. The van der Waals surface area contributed by atoms with Crippen LogP contribution in [-0.4, -0.2) is 34.6 Å². The molecule has 0 aromatic carbocycles. The first kappa shape index (κ1) is 12.5. The van der Waals surface area contributed by atoms with Crippen molar-refractivity contribution in [1.29, 1.82) is 0 Å². The lowest BCUT2D eigenvalue weighted by Gasteiger charge is -2.39. The van der Waals surface area contributed by atoms with Gasteiger partial charge in [-0.1, -0.05) is 20.8 Å². The van der Waals surface area contributed by atoms with E-state index in [-0.39, 0.29) is 17.9 Å². The van der Waals surface area contributed by atoms with Gasteiger partial charge in [-0.3, -0.25) is 9.69 Å². The lowest BCUT2D eigenvalue weighted by molar-refractivity contribution is -0.139. The fraction of sp³-hybridized carbons (Fsp3) is 0.917. The molecule has 15 heavy (non-hydrogen) atoms. The zero-order chi connectivity index (χ0) is 11.6.